The van der Waals surface area contributed by atoms with Crippen LogP contribution >= 0.6 is 22.9 Å². The van der Waals surface area contributed by atoms with Gasteiger partial charge in [-0.15, -0.1) is 11.3 Å². The van der Waals surface area contributed by atoms with Crippen molar-refractivity contribution in [3.8, 4) is 17.0 Å². The molecule has 0 aromatic carbocycles. The molecule has 0 aliphatic rings. The number of aromatic nitrogens is 5. The summed E-state index contributed by atoms with van der Waals surface area (Å²) in [6.45, 7) is 1.77. The van der Waals surface area contributed by atoms with E-state index in [9.17, 15) is 22.8 Å². The number of rotatable bonds is 8. The number of carbonyl (C=O) groups is 2. The number of halogens is 4. The van der Waals surface area contributed by atoms with Crippen LogP contribution in [0.2, 0.25) is 5.02 Å². The Labute approximate surface area is 223 Å². The number of Topliss-reactive ketones (excluding diaryl/α,β-unsaturated/α-hetero) is 1. The highest BCUT2D eigenvalue weighted by Crippen LogP contribution is 2.35. The molecule has 0 bridgehead atoms. The van der Waals surface area contributed by atoms with Crippen LogP contribution in [0.3, 0.4) is 0 Å². The third-order valence-corrected chi connectivity index (χ3v) is 6.79. The topological polar surface area (TPSA) is 120 Å². The third kappa shape index (κ3) is 6.29. The van der Waals surface area contributed by atoms with Gasteiger partial charge in [-0.2, -0.15) is 13.2 Å². The van der Waals surface area contributed by atoms with Crippen LogP contribution in [0.25, 0.3) is 11.3 Å². The molecule has 38 heavy (non-hydrogen) atoms. The molecule has 4 aromatic rings. The molecule has 0 saturated carbocycles. The first-order valence-corrected chi connectivity index (χ1v) is 12.1. The number of amides is 1. The molecule has 0 aliphatic carbocycles. The van der Waals surface area contributed by atoms with E-state index in [4.69, 9.17) is 16.3 Å². The minimum Gasteiger partial charge on any atom is -0.495 e. The summed E-state index contributed by atoms with van der Waals surface area (Å²) >= 11 is 6.58. The Morgan fingerprint density at radius 2 is 1.87 bits per heavy atom. The van der Waals surface area contributed by atoms with Gasteiger partial charge in [-0.05, 0) is 18.2 Å². The lowest BCUT2D eigenvalue weighted by Crippen LogP contribution is -2.13. The van der Waals surface area contributed by atoms with Crippen LogP contribution in [0.15, 0.2) is 49.3 Å². The molecule has 0 spiro atoms. The highest BCUT2D eigenvalue weighted by Gasteiger charge is 2.34. The van der Waals surface area contributed by atoms with Gasteiger partial charge in [0.15, 0.2) is 5.78 Å². The third-order valence-electron chi connectivity index (χ3n) is 5.26. The summed E-state index contributed by atoms with van der Waals surface area (Å²) in [6.07, 6.45) is 1.88. The molecule has 0 aliphatic heterocycles. The van der Waals surface area contributed by atoms with Gasteiger partial charge in [-0.3, -0.25) is 14.6 Å². The van der Waals surface area contributed by atoms with E-state index < -0.39 is 22.7 Å². The number of alkyl halides is 3. The zero-order valence-electron chi connectivity index (χ0n) is 19.8. The number of hydrogen-bond acceptors (Lipinski definition) is 9. The number of nitrogens with one attached hydrogen (secondary N) is 1. The van der Waals surface area contributed by atoms with Gasteiger partial charge in [-0.1, -0.05) is 18.5 Å². The number of carbonyl (C=O) groups excluding carboxylic acids is 2. The Hall–Kier alpha value is -3.97. The van der Waals surface area contributed by atoms with Gasteiger partial charge in [0, 0.05) is 30.3 Å². The first kappa shape index (κ1) is 27.1. The molecule has 1 atom stereocenters. The standard InChI is InChI=1S/C24H18ClF3N6O3S/c1-12(3-19(35)18-6-17(32-11-33-18)13-4-14(37-2)8-29-7-13)23-31-10-20(38-23)22(36)34-21-5-15(24(26,27)28)16(25)9-30-21/h4-12H,3H2,1-2H3,(H,30,34,36). The van der Waals surface area contributed by atoms with Crippen molar-refractivity contribution in [1.82, 2.24) is 24.9 Å². The fourth-order valence-corrected chi connectivity index (χ4v) is 4.41. The molecule has 4 heterocycles. The Morgan fingerprint density at radius 3 is 2.61 bits per heavy atom. The molecule has 0 saturated heterocycles. The highest BCUT2D eigenvalue weighted by molar-refractivity contribution is 7.13. The largest absolute Gasteiger partial charge is 0.495 e. The van der Waals surface area contributed by atoms with Gasteiger partial charge in [0.05, 0.1) is 40.8 Å². The first-order chi connectivity index (χ1) is 18.0. The molecular formula is C24H18ClF3N6O3S. The molecular weight excluding hydrogens is 545 g/mol. The summed E-state index contributed by atoms with van der Waals surface area (Å²) in [4.78, 5) is 45.9. The molecule has 14 heteroatoms. The van der Waals surface area contributed by atoms with E-state index >= 15 is 0 Å². The summed E-state index contributed by atoms with van der Waals surface area (Å²) in [5.41, 5.74) is 0.243. The van der Waals surface area contributed by atoms with Crippen molar-refractivity contribution >= 4 is 40.4 Å². The molecule has 9 nitrogen and oxygen atoms in total. The van der Waals surface area contributed by atoms with Gasteiger partial charge in [0.25, 0.3) is 5.91 Å². The van der Waals surface area contributed by atoms with E-state index in [1.165, 1.54) is 19.6 Å². The van der Waals surface area contributed by atoms with E-state index in [2.05, 4.69) is 30.2 Å². The molecule has 1 N–H and O–H groups in total. The Kier molecular flexibility index (Phi) is 7.97. The predicted octanol–water partition coefficient (Wildman–Crippen LogP) is 5.70. The van der Waals surface area contributed by atoms with Crippen molar-refractivity contribution in [2.24, 2.45) is 0 Å². The summed E-state index contributed by atoms with van der Waals surface area (Å²) in [5.74, 6) is -1.09. The first-order valence-electron chi connectivity index (χ1n) is 10.9. The number of anilines is 1. The van der Waals surface area contributed by atoms with Crippen LogP contribution in [-0.2, 0) is 6.18 Å². The Morgan fingerprint density at radius 1 is 1.08 bits per heavy atom. The Bertz CT molecular complexity index is 1500. The van der Waals surface area contributed by atoms with E-state index in [-0.39, 0.29) is 34.5 Å². The lowest BCUT2D eigenvalue weighted by molar-refractivity contribution is -0.137. The van der Waals surface area contributed by atoms with Gasteiger partial charge < -0.3 is 10.1 Å². The fourth-order valence-electron chi connectivity index (χ4n) is 3.33. The number of ether oxygens (including phenoxy) is 1. The minimum absolute atomic E-state index is 0.0507. The van der Waals surface area contributed by atoms with Crippen molar-refractivity contribution in [3.05, 3.63) is 75.5 Å². The molecule has 1 unspecified atom stereocenters. The molecule has 4 rings (SSSR count). The van der Waals surface area contributed by atoms with Gasteiger partial charge in [-0.25, -0.2) is 19.9 Å². The molecule has 0 radical (unpaired) electrons. The quantitative estimate of drug-likeness (QED) is 0.272. The number of thiazole rings is 1. The number of ketones is 1. The highest BCUT2D eigenvalue weighted by atomic mass is 35.5. The normalized spacial score (nSPS) is 12.2. The zero-order chi connectivity index (χ0) is 27.4. The molecule has 196 valence electrons. The lowest BCUT2D eigenvalue weighted by atomic mass is 10.0. The average Bonchev–Trinajstić information content (AvgIpc) is 3.40. The maximum absolute atomic E-state index is 13.1. The van der Waals surface area contributed by atoms with Gasteiger partial charge >= 0.3 is 6.18 Å². The van der Waals surface area contributed by atoms with Crippen molar-refractivity contribution in [2.45, 2.75) is 25.4 Å². The second-order valence-electron chi connectivity index (χ2n) is 7.99. The average molecular weight is 563 g/mol. The second-order valence-corrected chi connectivity index (χ2v) is 9.46. The van der Waals surface area contributed by atoms with Crippen molar-refractivity contribution in [1.29, 1.82) is 0 Å². The number of pyridine rings is 2. The SMILES string of the molecule is COc1cncc(-c2cc(C(=O)CC(C)c3ncc(C(=O)Nc4cc(C(F)(F)F)c(Cl)cn4)s3)ncn2)c1. The minimum atomic E-state index is -4.70. The van der Waals surface area contributed by atoms with Gasteiger partial charge in [0.1, 0.15) is 28.5 Å². The van der Waals surface area contributed by atoms with Crippen LogP contribution in [0.1, 0.15) is 50.0 Å². The van der Waals surface area contributed by atoms with Gasteiger partial charge in [0.2, 0.25) is 0 Å². The van der Waals surface area contributed by atoms with Crippen molar-refractivity contribution < 1.29 is 27.5 Å². The van der Waals surface area contributed by atoms with E-state index in [0.717, 1.165) is 17.5 Å². The summed E-state index contributed by atoms with van der Waals surface area (Å²) in [7, 11) is 1.52. The maximum Gasteiger partial charge on any atom is 0.418 e. The van der Waals surface area contributed by atoms with Crippen LogP contribution in [0, 0.1) is 0 Å². The molecule has 0 fully saturated rings. The van der Waals surface area contributed by atoms with Crippen LogP contribution in [0.5, 0.6) is 5.75 Å². The molecule has 1 amide bonds. The predicted molar refractivity (Wildman–Crippen MR) is 133 cm³/mol. The van der Waals surface area contributed by atoms with Crippen LogP contribution in [0.4, 0.5) is 19.0 Å². The number of nitrogens with zero attached hydrogens (tertiary/aromatic N) is 5. The van der Waals surface area contributed by atoms with Crippen molar-refractivity contribution in [2.75, 3.05) is 12.4 Å². The van der Waals surface area contributed by atoms with Crippen LogP contribution in [-0.4, -0.2) is 43.7 Å². The lowest BCUT2D eigenvalue weighted by Gasteiger charge is -2.10. The smallest absolute Gasteiger partial charge is 0.418 e. The monoisotopic (exact) mass is 562 g/mol. The zero-order valence-corrected chi connectivity index (χ0v) is 21.4. The molecule has 4 aromatic heterocycles. The Balaban J connectivity index is 1.43. The van der Waals surface area contributed by atoms with Crippen molar-refractivity contribution in [3.63, 3.8) is 0 Å². The van der Waals surface area contributed by atoms with E-state index in [1.807, 2.05) is 0 Å². The van der Waals surface area contributed by atoms with E-state index in [1.54, 1.807) is 31.5 Å². The maximum atomic E-state index is 13.1. The van der Waals surface area contributed by atoms with Crippen LogP contribution < -0.4 is 10.1 Å². The fraction of sp³-hybridized carbons (Fsp3) is 0.208. The summed E-state index contributed by atoms with van der Waals surface area (Å²) in [6, 6.07) is 3.94. The number of methoxy groups -OCH3 is 1. The summed E-state index contributed by atoms with van der Waals surface area (Å²) in [5, 5.41) is 2.23. The number of hydrogen-bond donors (Lipinski definition) is 1. The van der Waals surface area contributed by atoms with E-state index in [0.29, 0.717) is 28.1 Å². The second kappa shape index (κ2) is 11.2. The summed E-state index contributed by atoms with van der Waals surface area (Å²) < 4.78 is 44.4.